The molecule has 156 valence electrons. The van der Waals surface area contributed by atoms with Gasteiger partial charge in [0.15, 0.2) is 0 Å². The van der Waals surface area contributed by atoms with Crippen LogP contribution in [0.25, 0.3) is 0 Å². The molecule has 0 saturated heterocycles. The summed E-state index contributed by atoms with van der Waals surface area (Å²) in [6, 6.07) is 0. The second-order valence-electron chi connectivity index (χ2n) is 7.41. The Kier molecular flexibility index (Phi) is 13.2. The Bertz CT molecular complexity index is 296. The second kappa shape index (κ2) is 14.2. The van der Waals surface area contributed by atoms with Crippen LogP contribution in [0.15, 0.2) is 0 Å². The van der Waals surface area contributed by atoms with Crippen molar-refractivity contribution in [1.82, 2.24) is 0 Å². The minimum Gasteiger partial charge on any atom is -0.377 e. The molecule has 2 aliphatic rings. The maximum absolute atomic E-state index is 5.65. The zero-order chi connectivity index (χ0) is 19.1. The SMILES string of the molecule is COCOCC1(OC)CCCCC1.COCSCC1(OC)CCCCC1. The minimum absolute atomic E-state index is 0.0310. The molecule has 0 atom stereocenters. The summed E-state index contributed by atoms with van der Waals surface area (Å²) in [5.41, 5.74) is 0.123. The average molecular weight is 393 g/mol. The minimum atomic E-state index is -0.0310. The lowest BCUT2D eigenvalue weighted by atomic mass is 9.85. The highest BCUT2D eigenvalue weighted by atomic mass is 32.2. The van der Waals surface area contributed by atoms with Crippen molar-refractivity contribution >= 4 is 11.8 Å². The summed E-state index contributed by atoms with van der Waals surface area (Å²) in [6.07, 6.45) is 12.5. The topological polar surface area (TPSA) is 46.2 Å². The largest absolute Gasteiger partial charge is 0.377 e. The zero-order valence-corrected chi connectivity index (χ0v) is 18.2. The Morgan fingerprint density at radius 1 is 0.692 bits per heavy atom. The van der Waals surface area contributed by atoms with E-state index in [-0.39, 0.29) is 11.2 Å². The predicted octanol–water partition coefficient (Wildman–Crippen LogP) is 4.63. The molecule has 0 bridgehead atoms. The number of hydrogen-bond donors (Lipinski definition) is 0. The molecule has 2 saturated carbocycles. The maximum Gasteiger partial charge on any atom is 0.146 e. The third kappa shape index (κ3) is 8.89. The van der Waals surface area contributed by atoms with Gasteiger partial charge in [-0.1, -0.05) is 38.5 Å². The summed E-state index contributed by atoms with van der Waals surface area (Å²) >= 11 is 1.84. The Morgan fingerprint density at radius 3 is 1.69 bits per heavy atom. The number of ether oxygens (including phenoxy) is 5. The molecule has 2 rings (SSSR count). The van der Waals surface area contributed by atoms with E-state index in [4.69, 9.17) is 23.7 Å². The number of thioether (sulfide) groups is 1. The average Bonchev–Trinajstić information content (AvgIpc) is 2.70. The van der Waals surface area contributed by atoms with Crippen molar-refractivity contribution in [2.75, 3.05) is 53.5 Å². The highest BCUT2D eigenvalue weighted by molar-refractivity contribution is 7.99. The fourth-order valence-corrected chi connectivity index (χ4v) is 4.86. The van der Waals surface area contributed by atoms with Crippen molar-refractivity contribution in [3.8, 4) is 0 Å². The molecule has 0 spiro atoms. The van der Waals surface area contributed by atoms with Gasteiger partial charge in [-0.25, -0.2) is 0 Å². The summed E-state index contributed by atoms with van der Waals surface area (Å²) in [5.74, 6) is 1.86. The van der Waals surface area contributed by atoms with E-state index in [0.29, 0.717) is 13.4 Å². The van der Waals surface area contributed by atoms with Gasteiger partial charge in [-0.3, -0.25) is 0 Å². The molecule has 0 N–H and O–H groups in total. The summed E-state index contributed by atoms with van der Waals surface area (Å²) in [7, 11) is 7.01. The Balaban J connectivity index is 0.000000260. The van der Waals surface area contributed by atoms with Crippen molar-refractivity contribution in [2.45, 2.75) is 75.4 Å². The summed E-state index contributed by atoms with van der Waals surface area (Å²) in [4.78, 5) is 0. The van der Waals surface area contributed by atoms with Gasteiger partial charge in [-0.15, -0.1) is 11.8 Å². The van der Waals surface area contributed by atoms with Crippen LogP contribution in [0.5, 0.6) is 0 Å². The highest BCUT2D eigenvalue weighted by Gasteiger charge is 2.32. The van der Waals surface area contributed by atoms with Crippen LogP contribution in [-0.2, 0) is 23.7 Å². The third-order valence-corrected chi connectivity index (χ3v) is 6.66. The Hall–Kier alpha value is 0.150. The quantitative estimate of drug-likeness (QED) is 0.399. The molecule has 6 heteroatoms. The number of hydrogen-bond acceptors (Lipinski definition) is 6. The number of methoxy groups -OCH3 is 4. The van der Waals surface area contributed by atoms with Gasteiger partial charge in [0.1, 0.15) is 6.79 Å². The molecule has 0 amide bonds. The predicted molar refractivity (Wildman–Crippen MR) is 108 cm³/mol. The van der Waals surface area contributed by atoms with Gasteiger partial charge < -0.3 is 23.7 Å². The Labute approximate surface area is 164 Å². The van der Waals surface area contributed by atoms with Gasteiger partial charge in [-0.2, -0.15) is 0 Å². The van der Waals surface area contributed by atoms with E-state index in [2.05, 4.69) is 0 Å². The van der Waals surface area contributed by atoms with E-state index in [1.54, 1.807) is 21.3 Å². The van der Waals surface area contributed by atoms with Gasteiger partial charge in [0.05, 0.1) is 23.7 Å². The van der Waals surface area contributed by atoms with E-state index < -0.39 is 0 Å². The van der Waals surface area contributed by atoms with Gasteiger partial charge in [0.2, 0.25) is 0 Å². The van der Waals surface area contributed by atoms with Gasteiger partial charge in [0.25, 0.3) is 0 Å². The first-order valence-corrected chi connectivity index (χ1v) is 11.0. The van der Waals surface area contributed by atoms with Gasteiger partial charge in [-0.05, 0) is 25.7 Å². The fourth-order valence-electron chi connectivity index (χ4n) is 3.83. The van der Waals surface area contributed by atoms with E-state index in [9.17, 15) is 0 Å². The van der Waals surface area contributed by atoms with Crippen molar-refractivity contribution in [1.29, 1.82) is 0 Å². The Morgan fingerprint density at radius 2 is 1.23 bits per heavy atom. The summed E-state index contributed by atoms with van der Waals surface area (Å²) < 4.78 is 26.4. The molecule has 0 aromatic carbocycles. The lowest BCUT2D eigenvalue weighted by molar-refractivity contribution is -0.130. The first-order chi connectivity index (χ1) is 12.7. The van der Waals surface area contributed by atoms with Crippen molar-refractivity contribution in [2.24, 2.45) is 0 Å². The molecular formula is C20H40O5S. The fraction of sp³-hybridized carbons (Fsp3) is 1.00. The third-order valence-electron chi connectivity index (χ3n) is 5.53. The molecule has 0 heterocycles. The van der Waals surface area contributed by atoms with Crippen LogP contribution in [0.1, 0.15) is 64.2 Å². The second-order valence-corrected chi connectivity index (χ2v) is 8.34. The monoisotopic (exact) mass is 392 g/mol. The van der Waals surface area contributed by atoms with E-state index in [1.807, 2.05) is 18.9 Å². The molecule has 0 radical (unpaired) electrons. The van der Waals surface area contributed by atoms with Crippen LogP contribution in [0.2, 0.25) is 0 Å². The van der Waals surface area contributed by atoms with E-state index in [0.717, 1.165) is 24.5 Å². The first-order valence-electron chi connectivity index (χ1n) is 9.89. The van der Waals surface area contributed by atoms with Crippen LogP contribution in [-0.4, -0.2) is 64.7 Å². The van der Waals surface area contributed by atoms with Gasteiger partial charge >= 0.3 is 0 Å². The normalized spacial score (nSPS) is 21.7. The zero-order valence-electron chi connectivity index (χ0n) is 17.3. The lowest BCUT2D eigenvalue weighted by Gasteiger charge is -2.35. The molecular weight excluding hydrogens is 352 g/mol. The smallest absolute Gasteiger partial charge is 0.146 e. The molecule has 0 aromatic heterocycles. The van der Waals surface area contributed by atoms with Crippen molar-refractivity contribution in [3.63, 3.8) is 0 Å². The van der Waals surface area contributed by atoms with Crippen molar-refractivity contribution < 1.29 is 23.7 Å². The molecule has 0 aliphatic heterocycles. The van der Waals surface area contributed by atoms with Crippen LogP contribution in [0.4, 0.5) is 0 Å². The highest BCUT2D eigenvalue weighted by Crippen LogP contribution is 2.34. The summed E-state index contributed by atoms with van der Waals surface area (Å²) in [6.45, 7) is 1.03. The lowest BCUT2D eigenvalue weighted by Crippen LogP contribution is -2.39. The number of rotatable bonds is 10. The first kappa shape index (κ1) is 24.2. The molecule has 0 aromatic rings. The maximum atomic E-state index is 5.65. The van der Waals surface area contributed by atoms with Gasteiger partial charge in [0, 0.05) is 34.2 Å². The standard InChI is InChI=1S/C10H20O3.C10H20O2S/c2*1-11-9-13-8-10(12-2)6-4-3-5-7-10/h2*3-9H2,1-2H3. The van der Waals surface area contributed by atoms with Crippen molar-refractivity contribution in [3.05, 3.63) is 0 Å². The van der Waals surface area contributed by atoms with Crippen LogP contribution in [0.3, 0.4) is 0 Å². The molecule has 26 heavy (non-hydrogen) atoms. The van der Waals surface area contributed by atoms with Crippen LogP contribution in [0, 0.1) is 0 Å². The molecule has 2 fully saturated rings. The molecule has 0 unspecified atom stereocenters. The van der Waals surface area contributed by atoms with Crippen LogP contribution < -0.4 is 0 Å². The van der Waals surface area contributed by atoms with E-state index >= 15 is 0 Å². The summed E-state index contributed by atoms with van der Waals surface area (Å²) in [5, 5.41) is 0. The van der Waals surface area contributed by atoms with Crippen LogP contribution >= 0.6 is 11.8 Å². The molecule has 5 nitrogen and oxygen atoms in total. The molecule has 2 aliphatic carbocycles. The van der Waals surface area contributed by atoms with E-state index in [1.165, 1.54) is 51.4 Å².